The van der Waals surface area contributed by atoms with Crippen molar-refractivity contribution in [2.24, 2.45) is 4.99 Å². The highest BCUT2D eigenvalue weighted by Gasteiger charge is 2.10. The third-order valence-electron chi connectivity index (χ3n) is 5.48. The van der Waals surface area contributed by atoms with Crippen LogP contribution in [0.4, 0.5) is 5.69 Å². The Morgan fingerprint density at radius 1 is 0.969 bits per heavy atom. The van der Waals surface area contributed by atoms with Crippen LogP contribution in [0.25, 0.3) is 22.0 Å². The molecular formula is C26H24N4OS. The molecule has 0 aliphatic carbocycles. The average molecular weight is 441 g/mol. The van der Waals surface area contributed by atoms with Crippen LogP contribution in [0, 0.1) is 0 Å². The van der Waals surface area contributed by atoms with Gasteiger partial charge in [-0.2, -0.15) is 0 Å². The van der Waals surface area contributed by atoms with Crippen molar-refractivity contribution in [3.05, 3.63) is 95.6 Å². The van der Waals surface area contributed by atoms with Gasteiger partial charge < -0.3 is 13.9 Å². The van der Waals surface area contributed by atoms with Crippen molar-refractivity contribution in [3.63, 3.8) is 0 Å². The SMILES string of the molecule is COc1ccc2cc(-c3csc(=Nc4ccccc4)n3CCCn3ccnc3)ccc2c1. The summed E-state index contributed by atoms with van der Waals surface area (Å²) in [5.74, 6) is 0.874. The van der Waals surface area contributed by atoms with E-state index in [0.717, 1.165) is 35.7 Å². The predicted octanol–water partition coefficient (Wildman–Crippen LogP) is 5.90. The standard InChI is InChI=1S/C26H24N4OS/c1-31-24-11-10-20-16-22(9-8-21(20)17-24)25-18-32-26(28-23-6-3-2-4-7-23)30(25)14-5-13-29-15-12-27-19-29/h2-4,6-12,15-19H,5,13-14H2,1H3. The quantitative estimate of drug-likeness (QED) is 0.316. The molecule has 6 heteroatoms. The van der Waals surface area contributed by atoms with Gasteiger partial charge in [-0.15, -0.1) is 11.3 Å². The van der Waals surface area contributed by atoms with Gasteiger partial charge in [-0.3, -0.25) is 0 Å². The van der Waals surface area contributed by atoms with Crippen LogP contribution in [0.1, 0.15) is 6.42 Å². The summed E-state index contributed by atoms with van der Waals surface area (Å²) < 4.78 is 9.82. The van der Waals surface area contributed by atoms with Crippen molar-refractivity contribution in [1.29, 1.82) is 0 Å². The number of ether oxygens (including phenoxy) is 1. The topological polar surface area (TPSA) is 44.3 Å². The lowest BCUT2D eigenvalue weighted by molar-refractivity contribution is 0.415. The molecule has 0 N–H and O–H groups in total. The second-order valence-electron chi connectivity index (χ2n) is 7.58. The molecule has 0 atom stereocenters. The number of thiazole rings is 1. The average Bonchev–Trinajstić information content (AvgIpc) is 3.50. The van der Waals surface area contributed by atoms with Crippen LogP contribution in [0.15, 0.2) is 95.8 Å². The first kappa shape index (κ1) is 20.3. The lowest BCUT2D eigenvalue weighted by Crippen LogP contribution is -2.17. The van der Waals surface area contributed by atoms with Gasteiger partial charge in [-0.1, -0.05) is 36.4 Å². The summed E-state index contributed by atoms with van der Waals surface area (Å²) in [6.07, 6.45) is 6.69. The number of hydrogen-bond acceptors (Lipinski definition) is 4. The molecule has 0 spiro atoms. The van der Waals surface area contributed by atoms with E-state index in [1.54, 1.807) is 18.4 Å². The maximum Gasteiger partial charge on any atom is 0.190 e. The highest BCUT2D eigenvalue weighted by molar-refractivity contribution is 7.07. The number of imidazole rings is 1. The number of aryl methyl sites for hydroxylation is 1. The van der Waals surface area contributed by atoms with Gasteiger partial charge in [0, 0.05) is 30.9 Å². The minimum absolute atomic E-state index is 0.874. The largest absolute Gasteiger partial charge is 0.497 e. The summed E-state index contributed by atoms with van der Waals surface area (Å²) in [6, 6.07) is 22.9. The highest BCUT2D eigenvalue weighted by Crippen LogP contribution is 2.28. The van der Waals surface area contributed by atoms with E-state index in [4.69, 9.17) is 9.73 Å². The summed E-state index contributed by atoms with van der Waals surface area (Å²) in [6.45, 7) is 1.80. The van der Waals surface area contributed by atoms with Crippen molar-refractivity contribution in [3.8, 4) is 17.0 Å². The molecule has 0 unspecified atom stereocenters. The van der Waals surface area contributed by atoms with E-state index in [0.29, 0.717) is 0 Å². The van der Waals surface area contributed by atoms with Gasteiger partial charge in [0.05, 0.1) is 24.8 Å². The molecule has 0 fully saturated rings. The van der Waals surface area contributed by atoms with Crippen LogP contribution in [-0.4, -0.2) is 21.2 Å². The van der Waals surface area contributed by atoms with Crippen molar-refractivity contribution in [2.75, 3.05) is 7.11 Å². The summed E-state index contributed by atoms with van der Waals surface area (Å²) in [4.78, 5) is 10.1. The van der Waals surface area contributed by atoms with Crippen molar-refractivity contribution in [2.45, 2.75) is 19.5 Å². The Morgan fingerprint density at radius 3 is 2.62 bits per heavy atom. The molecule has 32 heavy (non-hydrogen) atoms. The summed E-state index contributed by atoms with van der Waals surface area (Å²) in [7, 11) is 1.70. The molecule has 0 radical (unpaired) electrons. The Hall–Kier alpha value is -3.64. The van der Waals surface area contributed by atoms with Gasteiger partial charge in [0.2, 0.25) is 0 Å². The van der Waals surface area contributed by atoms with Crippen LogP contribution >= 0.6 is 11.3 Å². The first-order valence-corrected chi connectivity index (χ1v) is 11.5. The van der Waals surface area contributed by atoms with Crippen LogP contribution in [0.2, 0.25) is 0 Å². The number of nitrogens with zero attached hydrogens (tertiary/aromatic N) is 4. The van der Waals surface area contributed by atoms with Gasteiger partial charge in [0.15, 0.2) is 4.80 Å². The maximum atomic E-state index is 5.37. The van der Waals surface area contributed by atoms with E-state index in [2.05, 4.69) is 49.8 Å². The van der Waals surface area contributed by atoms with Crippen LogP contribution in [0.5, 0.6) is 5.75 Å². The van der Waals surface area contributed by atoms with E-state index in [1.165, 1.54) is 22.0 Å². The van der Waals surface area contributed by atoms with E-state index < -0.39 is 0 Å². The number of fused-ring (bicyclic) bond motifs is 1. The molecule has 5 aromatic rings. The second kappa shape index (κ2) is 9.24. The number of rotatable bonds is 7. The minimum atomic E-state index is 0.874. The second-order valence-corrected chi connectivity index (χ2v) is 8.42. The van der Waals surface area contributed by atoms with Gasteiger partial charge in [-0.25, -0.2) is 9.98 Å². The Labute approximate surface area is 190 Å². The monoisotopic (exact) mass is 440 g/mol. The molecule has 3 aromatic carbocycles. The number of aromatic nitrogens is 3. The summed E-state index contributed by atoms with van der Waals surface area (Å²) in [5.41, 5.74) is 3.35. The first-order valence-electron chi connectivity index (χ1n) is 10.6. The first-order chi connectivity index (χ1) is 15.8. The zero-order valence-corrected chi connectivity index (χ0v) is 18.7. The third-order valence-corrected chi connectivity index (χ3v) is 6.34. The number of methoxy groups -OCH3 is 1. The van der Waals surface area contributed by atoms with Crippen LogP contribution < -0.4 is 9.54 Å². The molecular weight excluding hydrogens is 416 g/mol. The number of hydrogen-bond donors (Lipinski definition) is 0. The number of para-hydroxylation sites is 1. The van der Waals surface area contributed by atoms with Crippen molar-refractivity contribution >= 4 is 27.8 Å². The van der Waals surface area contributed by atoms with Gasteiger partial charge in [0.1, 0.15) is 5.75 Å². The fourth-order valence-corrected chi connectivity index (χ4v) is 4.77. The van der Waals surface area contributed by atoms with E-state index in [9.17, 15) is 0 Å². The Kier molecular flexibility index (Phi) is 5.85. The zero-order valence-electron chi connectivity index (χ0n) is 17.9. The van der Waals surface area contributed by atoms with E-state index in [1.807, 2.05) is 55.1 Å². The predicted molar refractivity (Wildman–Crippen MR) is 130 cm³/mol. The van der Waals surface area contributed by atoms with Crippen molar-refractivity contribution in [1.82, 2.24) is 14.1 Å². The molecule has 5 rings (SSSR count). The molecule has 2 heterocycles. The fourth-order valence-electron chi connectivity index (χ4n) is 3.82. The Morgan fingerprint density at radius 2 is 1.81 bits per heavy atom. The molecule has 0 saturated carbocycles. The molecule has 2 aromatic heterocycles. The Balaban J connectivity index is 1.53. The number of benzene rings is 3. The zero-order chi connectivity index (χ0) is 21.8. The fraction of sp³-hybridized carbons (Fsp3) is 0.154. The maximum absolute atomic E-state index is 5.37. The molecule has 5 nitrogen and oxygen atoms in total. The smallest absolute Gasteiger partial charge is 0.190 e. The van der Waals surface area contributed by atoms with Gasteiger partial charge in [0.25, 0.3) is 0 Å². The highest BCUT2D eigenvalue weighted by atomic mass is 32.1. The molecule has 0 aliphatic rings. The van der Waals surface area contributed by atoms with Gasteiger partial charge >= 0.3 is 0 Å². The molecule has 160 valence electrons. The minimum Gasteiger partial charge on any atom is -0.497 e. The lowest BCUT2D eigenvalue weighted by atomic mass is 10.0. The normalized spacial score (nSPS) is 11.8. The summed E-state index contributed by atoms with van der Waals surface area (Å²) >= 11 is 1.68. The lowest BCUT2D eigenvalue weighted by Gasteiger charge is -2.11. The molecule has 0 amide bonds. The summed E-state index contributed by atoms with van der Waals surface area (Å²) in [5, 5.41) is 4.58. The van der Waals surface area contributed by atoms with Crippen LogP contribution in [-0.2, 0) is 13.1 Å². The molecule has 0 bridgehead atoms. The van der Waals surface area contributed by atoms with Crippen molar-refractivity contribution < 1.29 is 4.74 Å². The van der Waals surface area contributed by atoms with Gasteiger partial charge in [-0.05, 0) is 53.1 Å². The molecule has 0 saturated heterocycles. The molecule has 0 aliphatic heterocycles. The van der Waals surface area contributed by atoms with E-state index in [-0.39, 0.29) is 0 Å². The Bertz CT molecular complexity index is 1380. The van der Waals surface area contributed by atoms with Crippen LogP contribution in [0.3, 0.4) is 0 Å². The van der Waals surface area contributed by atoms with E-state index >= 15 is 0 Å². The third kappa shape index (κ3) is 4.36.